The number of nitrogens with zero attached hydrogens (tertiary/aromatic N) is 2. The molecule has 0 atom stereocenters. The molecule has 0 saturated heterocycles. The summed E-state index contributed by atoms with van der Waals surface area (Å²) in [6, 6.07) is 8.39. The van der Waals surface area contributed by atoms with Gasteiger partial charge in [0.05, 0.1) is 12.9 Å². The number of anilines is 2. The summed E-state index contributed by atoms with van der Waals surface area (Å²) < 4.78 is 31.6. The second kappa shape index (κ2) is 5.96. The minimum atomic E-state index is -3.66. The number of aryl methyl sites for hydroxylation is 1. The Balaban J connectivity index is 2.22. The van der Waals surface area contributed by atoms with Gasteiger partial charge in [0.25, 0.3) is 0 Å². The number of nitrogens with one attached hydrogen (secondary N) is 1. The van der Waals surface area contributed by atoms with Crippen molar-refractivity contribution < 1.29 is 13.2 Å². The van der Waals surface area contributed by atoms with Crippen molar-refractivity contribution in [1.82, 2.24) is 9.97 Å². The molecule has 0 aliphatic carbocycles. The van der Waals surface area contributed by atoms with Gasteiger partial charge in [0.15, 0.2) is 0 Å². The number of benzene rings is 1. The highest BCUT2D eigenvalue weighted by molar-refractivity contribution is 7.91. The van der Waals surface area contributed by atoms with E-state index in [-0.39, 0.29) is 11.7 Å². The Morgan fingerprint density at radius 2 is 2.00 bits per heavy atom. The van der Waals surface area contributed by atoms with Crippen molar-refractivity contribution in [1.29, 1.82) is 0 Å². The van der Waals surface area contributed by atoms with Gasteiger partial charge in [-0.25, -0.2) is 13.4 Å². The number of nitrogen functional groups attached to an aromatic ring is 1. The lowest BCUT2D eigenvalue weighted by Gasteiger charge is -2.09. The van der Waals surface area contributed by atoms with Crippen LogP contribution in [-0.4, -0.2) is 25.5 Å². The maximum absolute atomic E-state index is 12.1. The van der Waals surface area contributed by atoms with Crippen LogP contribution in [0.15, 0.2) is 30.3 Å². The van der Waals surface area contributed by atoms with Crippen LogP contribution in [0.3, 0.4) is 0 Å². The van der Waals surface area contributed by atoms with E-state index in [9.17, 15) is 8.42 Å². The molecule has 0 fully saturated rings. The number of para-hydroxylation sites is 1. The first-order chi connectivity index (χ1) is 9.89. The first-order valence-corrected chi connectivity index (χ1v) is 7.78. The summed E-state index contributed by atoms with van der Waals surface area (Å²) in [4.78, 5) is 7.96. The first kappa shape index (κ1) is 15.0. The van der Waals surface area contributed by atoms with Gasteiger partial charge in [0, 0.05) is 17.4 Å². The summed E-state index contributed by atoms with van der Waals surface area (Å²) in [6.45, 7) is 1.72. The third-order valence-corrected chi connectivity index (χ3v) is 3.87. The Kier molecular flexibility index (Phi) is 4.27. The molecule has 21 heavy (non-hydrogen) atoms. The van der Waals surface area contributed by atoms with Crippen molar-refractivity contribution in [2.24, 2.45) is 0 Å². The van der Waals surface area contributed by atoms with Crippen LogP contribution in [-0.2, 0) is 15.8 Å². The first-order valence-electron chi connectivity index (χ1n) is 6.13. The molecule has 0 radical (unpaired) electrons. The molecule has 1 aromatic heterocycles. The van der Waals surface area contributed by atoms with E-state index < -0.39 is 10.0 Å². The zero-order valence-electron chi connectivity index (χ0n) is 11.7. The summed E-state index contributed by atoms with van der Waals surface area (Å²) in [5.74, 6) is 0.0139. The third kappa shape index (κ3) is 4.06. The van der Waals surface area contributed by atoms with E-state index >= 15 is 0 Å². The summed E-state index contributed by atoms with van der Waals surface area (Å²) in [6.07, 6.45) is 0. The maximum Gasteiger partial charge on any atom is 0.240 e. The molecule has 0 aliphatic rings. The Morgan fingerprint density at radius 3 is 2.67 bits per heavy atom. The average Bonchev–Trinajstić information content (AvgIpc) is 2.40. The maximum atomic E-state index is 12.1. The van der Waals surface area contributed by atoms with Gasteiger partial charge in [0.1, 0.15) is 0 Å². The van der Waals surface area contributed by atoms with Crippen molar-refractivity contribution in [3.05, 3.63) is 41.6 Å². The standard InChI is InChI=1S/C13H16N4O3S/c1-9-7-12(20-2)16-13(15-9)17-21(18,19)8-10-5-3-4-6-11(10)14/h3-7H,8,14H2,1-2H3,(H,15,16,17). The molecular formula is C13H16N4O3S. The smallest absolute Gasteiger partial charge is 0.240 e. The number of sulfonamides is 1. The van der Waals surface area contributed by atoms with E-state index in [0.29, 0.717) is 22.8 Å². The molecule has 7 nitrogen and oxygen atoms in total. The van der Waals surface area contributed by atoms with Crippen LogP contribution in [0.4, 0.5) is 11.6 Å². The summed E-state index contributed by atoms with van der Waals surface area (Å²) >= 11 is 0. The number of hydrogen-bond donors (Lipinski definition) is 2. The zero-order chi connectivity index (χ0) is 15.5. The number of aromatic nitrogens is 2. The predicted octanol–water partition coefficient (Wildman–Crippen LogP) is 1.32. The monoisotopic (exact) mass is 308 g/mol. The Labute approximate surface area is 123 Å². The van der Waals surface area contributed by atoms with E-state index in [1.54, 1.807) is 37.3 Å². The summed E-state index contributed by atoms with van der Waals surface area (Å²) in [5, 5.41) is 0. The Bertz CT molecular complexity index is 747. The molecule has 2 aromatic rings. The van der Waals surface area contributed by atoms with Crippen LogP contribution in [0.5, 0.6) is 5.88 Å². The van der Waals surface area contributed by atoms with Crippen LogP contribution in [0.25, 0.3) is 0 Å². The van der Waals surface area contributed by atoms with Crippen LogP contribution in [0.2, 0.25) is 0 Å². The lowest BCUT2D eigenvalue weighted by atomic mass is 10.2. The number of nitrogens with two attached hydrogens (primary N) is 1. The number of rotatable bonds is 5. The highest BCUT2D eigenvalue weighted by atomic mass is 32.2. The van der Waals surface area contributed by atoms with Gasteiger partial charge in [-0.05, 0) is 18.6 Å². The van der Waals surface area contributed by atoms with Gasteiger partial charge in [-0.2, -0.15) is 4.98 Å². The average molecular weight is 308 g/mol. The van der Waals surface area contributed by atoms with Gasteiger partial charge in [0.2, 0.25) is 21.9 Å². The normalized spacial score (nSPS) is 11.1. The van der Waals surface area contributed by atoms with Crippen LogP contribution in [0.1, 0.15) is 11.3 Å². The molecule has 1 aromatic carbocycles. The van der Waals surface area contributed by atoms with Crippen LogP contribution >= 0.6 is 0 Å². The van der Waals surface area contributed by atoms with Crippen molar-refractivity contribution >= 4 is 21.7 Å². The van der Waals surface area contributed by atoms with E-state index in [4.69, 9.17) is 10.5 Å². The Hall–Kier alpha value is -2.35. The minimum absolute atomic E-state index is 0.0265. The second-order valence-corrected chi connectivity index (χ2v) is 6.16. The van der Waals surface area contributed by atoms with E-state index in [2.05, 4.69) is 14.7 Å². The molecule has 0 aliphatic heterocycles. The van der Waals surface area contributed by atoms with Gasteiger partial charge in [-0.15, -0.1) is 0 Å². The largest absolute Gasteiger partial charge is 0.481 e. The van der Waals surface area contributed by atoms with Crippen molar-refractivity contribution in [3.8, 4) is 5.88 Å². The molecule has 0 unspecified atom stereocenters. The van der Waals surface area contributed by atoms with E-state index in [1.165, 1.54) is 7.11 Å². The number of hydrogen-bond acceptors (Lipinski definition) is 6. The lowest BCUT2D eigenvalue weighted by Crippen LogP contribution is -2.18. The molecule has 3 N–H and O–H groups in total. The topological polar surface area (TPSA) is 107 Å². The van der Waals surface area contributed by atoms with Crippen LogP contribution in [0, 0.1) is 6.92 Å². The summed E-state index contributed by atoms with van der Waals surface area (Å²) in [7, 11) is -2.21. The molecular weight excluding hydrogens is 292 g/mol. The molecule has 0 bridgehead atoms. The Morgan fingerprint density at radius 1 is 1.29 bits per heavy atom. The van der Waals surface area contributed by atoms with E-state index in [0.717, 1.165) is 0 Å². The van der Waals surface area contributed by atoms with Crippen molar-refractivity contribution in [2.45, 2.75) is 12.7 Å². The molecule has 0 spiro atoms. The summed E-state index contributed by atoms with van der Waals surface area (Å²) in [5.41, 5.74) is 7.28. The molecule has 0 saturated carbocycles. The zero-order valence-corrected chi connectivity index (χ0v) is 12.5. The number of ether oxygens (including phenoxy) is 1. The fraction of sp³-hybridized carbons (Fsp3) is 0.231. The van der Waals surface area contributed by atoms with Crippen molar-refractivity contribution in [3.63, 3.8) is 0 Å². The number of methoxy groups -OCH3 is 1. The molecule has 8 heteroatoms. The highest BCUT2D eigenvalue weighted by Crippen LogP contribution is 2.17. The van der Waals surface area contributed by atoms with Gasteiger partial charge in [-0.3, -0.25) is 4.72 Å². The lowest BCUT2D eigenvalue weighted by molar-refractivity contribution is 0.397. The van der Waals surface area contributed by atoms with E-state index in [1.807, 2.05) is 0 Å². The molecule has 1 heterocycles. The molecule has 112 valence electrons. The molecule has 2 rings (SSSR count). The fourth-order valence-electron chi connectivity index (χ4n) is 1.74. The molecule has 0 amide bonds. The van der Waals surface area contributed by atoms with Gasteiger partial charge < -0.3 is 10.5 Å². The predicted molar refractivity (Wildman–Crippen MR) is 80.4 cm³/mol. The van der Waals surface area contributed by atoms with Crippen LogP contribution < -0.4 is 15.2 Å². The fourth-order valence-corrected chi connectivity index (χ4v) is 2.85. The quantitative estimate of drug-likeness (QED) is 0.807. The van der Waals surface area contributed by atoms with Gasteiger partial charge >= 0.3 is 0 Å². The third-order valence-electron chi connectivity index (χ3n) is 2.69. The van der Waals surface area contributed by atoms with Crippen molar-refractivity contribution in [2.75, 3.05) is 17.6 Å². The van der Waals surface area contributed by atoms with Gasteiger partial charge in [-0.1, -0.05) is 18.2 Å². The highest BCUT2D eigenvalue weighted by Gasteiger charge is 2.15. The second-order valence-electron chi connectivity index (χ2n) is 4.44. The minimum Gasteiger partial charge on any atom is -0.481 e. The SMILES string of the molecule is COc1cc(C)nc(NS(=O)(=O)Cc2ccccc2N)n1.